The highest BCUT2D eigenvalue weighted by Gasteiger charge is 2.41. The van der Waals surface area contributed by atoms with Crippen LogP contribution in [0, 0.1) is 23.2 Å². The van der Waals surface area contributed by atoms with E-state index in [1.165, 1.54) is 32.2 Å². The van der Waals surface area contributed by atoms with Gasteiger partial charge in [0.2, 0.25) is 0 Å². The van der Waals surface area contributed by atoms with Crippen LogP contribution in [0.2, 0.25) is 0 Å². The van der Waals surface area contributed by atoms with Gasteiger partial charge in [-0.15, -0.1) is 0 Å². The Balaban J connectivity index is 2.10. The molecule has 2 fully saturated rings. The first-order chi connectivity index (χ1) is 6.36. The molecular weight excluding hydrogens is 160 g/mol. The zero-order valence-corrected chi connectivity index (χ0v) is 8.37. The molecule has 0 amide bonds. The van der Waals surface area contributed by atoms with Crippen molar-refractivity contribution in [3.8, 4) is 6.07 Å². The molecule has 1 heterocycles. The number of likely N-dealkylation sites (tertiary alicyclic amines) is 1. The van der Waals surface area contributed by atoms with Crippen molar-refractivity contribution in [2.45, 2.75) is 38.6 Å². The minimum Gasteiger partial charge on any atom is -0.288 e. The molecule has 0 bridgehead atoms. The second kappa shape index (κ2) is 3.67. The van der Waals surface area contributed by atoms with Crippen molar-refractivity contribution >= 4 is 0 Å². The van der Waals surface area contributed by atoms with Crippen LogP contribution in [0.3, 0.4) is 0 Å². The minimum atomic E-state index is 0.232. The van der Waals surface area contributed by atoms with Crippen LogP contribution in [0.5, 0.6) is 0 Å². The lowest BCUT2D eigenvalue weighted by atomic mass is 9.79. The number of fused-ring (bicyclic) bond motifs is 1. The fourth-order valence-electron chi connectivity index (χ4n) is 3.07. The van der Waals surface area contributed by atoms with E-state index >= 15 is 0 Å². The van der Waals surface area contributed by atoms with Gasteiger partial charge in [-0.2, -0.15) is 5.26 Å². The van der Waals surface area contributed by atoms with E-state index in [1.807, 2.05) is 0 Å². The van der Waals surface area contributed by atoms with E-state index < -0.39 is 0 Å². The first kappa shape index (κ1) is 9.02. The second-order valence-electron chi connectivity index (χ2n) is 4.37. The monoisotopic (exact) mass is 178 g/mol. The van der Waals surface area contributed by atoms with Gasteiger partial charge >= 0.3 is 0 Å². The van der Waals surface area contributed by atoms with E-state index in [4.69, 9.17) is 5.26 Å². The van der Waals surface area contributed by atoms with Gasteiger partial charge in [-0.1, -0.05) is 19.8 Å². The molecule has 1 saturated heterocycles. The molecule has 2 heteroatoms. The van der Waals surface area contributed by atoms with Crippen molar-refractivity contribution in [1.82, 2.24) is 4.90 Å². The zero-order valence-electron chi connectivity index (χ0n) is 8.37. The van der Waals surface area contributed by atoms with Crippen LogP contribution < -0.4 is 0 Å². The molecule has 0 spiro atoms. The maximum absolute atomic E-state index is 9.11. The molecule has 13 heavy (non-hydrogen) atoms. The quantitative estimate of drug-likeness (QED) is 0.614. The first-order valence-corrected chi connectivity index (χ1v) is 5.50. The Labute approximate surface area is 80.5 Å². The van der Waals surface area contributed by atoms with E-state index in [0.29, 0.717) is 5.92 Å². The molecule has 0 N–H and O–H groups in total. The van der Waals surface area contributed by atoms with E-state index in [0.717, 1.165) is 12.5 Å². The lowest BCUT2D eigenvalue weighted by Gasteiger charge is -2.25. The predicted octanol–water partition coefficient (Wildman–Crippen LogP) is 2.02. The van der Waals surface area contributed by atoms with E-state index in [1.54, 1.807) is 0 Å². The summed E-state index contributed by atoms with van der Waals surface area (Å²) in [5.74, 6) is 1.53. The second-order valence-corrected chi connectivity index (χ2v) is 4.37. The Morgan fingerprint density at radius 2 is 2.15 bits per heavy atom. The molecular formula is C11H18N2. The summed E-state index contributed by atoms with van der Waals surface area (Å²) in [5.41, 5.74) is 0. The number of rotatable bonds is 1. The van der Waals surface area contributed by atoms with Crippen LogP contribution in [0.4, 0.5) is 0 Å². The van der Waals surface area contributed by atoms with Crippen LogP contribution in [0.15, 0.2) is 0 Å². The van der Waals surface area contributed by atoms with E-state index in [2.05, 4.69) is 17.9 Å². The van der Waals surface area contributed by atoms with Crippen molar-refractivity contribution in [2.24, 2.45) is 11.8 Å². The fourth-order valence-corrected chi connectivity index (χ4v) is 3.07. The molecule has 2 nitrogen and oxygen atoms in total. The topological polar surface area (TPSA) is 27.0 Å². The Morgan fingerprint density at radius 1 is 1.38 bits per heavy atom. The molecule has 0 aromatic heterocycles. The molecule has 1 aliphatic carbocycles. The highest BCUT2D eigenvalue weighted by Crippen LogP contribution is 2.39. The normalized spacial score (nSPS) is 39.8. The lowest BCUT2D eigenvalue weighted by molar-refractivity contribution is 0.264. The van der Waals surface area contributed by atoms with Gasteiger partial charge in [0.05, 0.1) is 6.07 Å². The van der Waals surface area contributed by atoms with Crippen molar-refractivity contribution in [2.75, 3.05) is 13.1 Å². The summed E-state index contributed by atoms with van der Waals surface area (Å²) in [6.07, 6.45) is 5.38. The van der Waals surface area contributed by atoms with Crippen molar-refractivity contribution < 1.29 is 0 Å². The Hall–Kier alpha value is -0.550. The summed E-state index contributed by atoms with van der Waals surface area (Å²) in [6, 6.07) is 2.72. The van der Waals surface area contributed by atoms with Crippen molar-refractivity contribution in [3.05, 3.63) is 0 Å². The number of hydrogen-bond donors (Lipinski definition) is 0. The SMILES string of the molecule is CCN1CC2CCCCC2C1C#N. The minimum absolute atomic E-state index is 0.232. The number of nitriles is 1. The summed E-state index contributed by atoms with van der Waals surface area (Å²) in [6.45, 7) is 4.40. The van der Waals surface area contributed by atoms with Gasteiger partial charge in [0.15, 0.2) is 0 Å². The molecule has 0 radical (unpaired) electrons. The highest BCUT2D eigenvalue weighted by molar-refractivity contribution is 5.05. The lowest BCUT2D eigenvalue weighted by Crippen LogP contribution is -2.31. The number of nitrogens with zero attached hydrogens (tertiary/aromatic N) is 2. The summed E-state index contributed by atoms with van der Waals surface area (Å²) in [4.78, 5) is 2.36. The average Bonchev–Trinajstić information content (AvgIpc) is 2.55. The Kier molecular flexibility index (Phi) is 2.55. The molecule has 0 aromatic carbocycles. The molecule has 72 valence electrons. The fraction of sp³-hybridized carbons (Fsp3) is 0.909. The largest absolute Gasteiger partial charge is 0.288 e. The van der Waals surface area contributed by atoms with Gasteiger partial charge in [-0.3, -0.25) is 4.90 Å². The zero-order chi connectivity index (χ0) is 9.26. The van der Waals surface area contributed by atoms with Gasteiger partial charge in [0.1, 0.15) is 6.04 Å². The molecule has 3 unspecified atom stereocenters. The Morgan fingerprint density at radius 3 is 2.85 bits per heavy atom. The van der Waals surface area contributed by atoms with Crippen LogP contribution >= 0.6 is 0 Å². The Bertz CT molecular complexity index is 219. The van der Waals surface area contributed by atoms with Crippen molar-refractivity contribution in [3.63, 3.8) is 0 Å². The van der Waals surface area contributed by atoms with Gasteiger partial charge in [-0.05, 0) is 31.2 Å². The van der Waals surface area contributed by atoms with E-state index in [9.17, 15) is 0 Å². The van der Waals surface area contributed by atoms with Gasteiger partial charge in [0, 0.05) is 6.54 Å². The molecule has 2 aliphatic rings. The average molecular weight is 178 g/mol. The molecule has 0 aromatic rings. The molecule has 3 atom stereocenters. The van der Waals surface area contributed by atoms with Crippen molar-refractivity contribution in [1.29, 1.82) is 5.26 Å². The predicted molar refractivity (Wildman–Crippen MR) is 52.1 cm³/mol. The van der Waals surface area contributed by atoms with Gasteiger partial charge in [-0.25, -0.2) is 0 Å². The summed E-state index contributed by atoms with van der Waals surface area (Å²) in [7, 11) is 0. The third kappa shape index (κ3) is 1.46. The maximum atomic E-state index is 9.11. The molecule has 1 saturated carbocycles. The summed E-state index contributed by atoms with van der Waals surface area (Å²) >= 11 is 0. The van der Waals surface area contributed by atoms with Crippen LogP contribution in [-0.4, -0.2) is 24.0 Å². The van der Waals surface area contributed by atoms with Crippen LogP contribution in [0.1, 0.15) is 32.6 Å². The van der Waals surface area contributed by atoms with Crippen LogP contribution in [-0.2, 0) is 0 Å². The van der Waals surface area contributed by atoms with Gasteiger partial charge in [0.25, 0.3) is 0 Å². The summed E-state index contributed by atoms with van der Waals surface area (Å²) < 4.78 is 0. The highest BCUT2D eigenvalue weighted by atomic mass is 15.2. The number of hydrogen-bond acceptors (Lipinski definition) is 2. The van der Waals surface area contributed by atoms with Gasteiger partial charge < -0.3 is 0 Å². The standard InChI is InChI=1S/C11H18N2/c1-2-13-8-9-5-3-4-6-10(9)11(13)7-12/h9-11H,2-6,8H2,1H3. The molecule has 2 rings (SSSR count). The summed E-state index contributed by atoms with van der Waals surface area (Å²) in [5, 5.41) is 9.11. The maximum Gasteiger partial charge on any atom is 0.101 e. The van der Waals surface area contributed by atoms with Crippen LogP contribution in [0.25, 0.3) is 0 Å². The smallest absolute Gasteiger partial charge is 0.101 e. The third-order valence-corrected chi connectivity index (χ3v) is 3.77. The van der Waals surface area contributed by atoms with E-state index in [-0.39, 0.29) is 6.04 Å². The first-order valence-electron chi connectivity index (χ1n) is 5.50. The third-order valence-electron chi connectivity index (χ3n) is 3.77. The molecule has 1 aliphatic heterocycles.